The van der Waals surface area contributed by atoms with Gasteiger partial charge in [0.25, 0.3) is 0 Å². The molecule has 0 bridgehead atoms. The van der Waals surface area contributed by atoms with Crippen molar-refractivity contribution in [2.75, 3.05) is 11.4 Å². The normalized spacial score (nSPS) is 12.2. The van der Waals surface area contributed by atoms with Crippen molar-refractivity contribution in [1.82, 2.24) is 0 Å². The number of benzene rings is 1. The Balaban J connectivity index is 3.12. The zero-order chi connectivity index (χ0) is 13.0. The average Bonchev–Trinajstić information content (AvgIpc) is 2.28. The topological polar surface area (TPSA) is 40.5 Å². The van der Waals surface area contributed by atoms with Crippen LogP contribution in [0.4, 0.5) is 5.69 Å². The van der Waals surface area contributed by atoms with E-state index in [1.54, 1.807) is 6.92 Å². The number of aliphatic carboxylic acids is 1. The molecule has 0 spiro atoms. The summed E-state index contributed by atoms with van der Waals surface area (Å²) in [5.41, 5.74) is 1.94. The largest absolute Gasteiger partial charge is 0.480 e. The molecule has 1 aromatic rings. The first-order valence-electron chi connectivity index (χ1n) is 5.73. The molecular weight excluding hydrogens is 238 g/mol. The van der Waals surface area contributed by atoms with Gasteiger partial charge in [-0.25, -0.2) is 4.79 Å². The van der Waals surface area contributed by atoms with E-state index in [9.17, 15) is 4.79 Å². The Kier molecular flexibility index (Phi) is 4.82. The zero-order valence-corrected chi connectivity index (χ0v) is 11.2. The Labute approximate surface area is 107 Å². The molecule has 0 heterocycles. The van der Waals surface area contributed by atoms with Gasteiger partial charge in [-0.3, -0.25) is 0 Å². The van der Waals surface area contributed by atoms with Gasteiger partial charge in [0.2, 0.25) is 0 Å². The fourth-order valence-electron chi connectivity index (χ4n) is 1.79. The Morgan fingerprint density at radius 1 is 1.53 bits per heavy atom. The first-order chi connectivity index (χ1) is 7.97. The minimum Gasteiger partial charge on any atom is -0.480 e. The highest BCUT2D eigenvalue weighted by Gasteiger charge is 2.21. The maximum atomic E-state index is 11.1. The third-order valence-corrected chi connectivity index (χ3v) is 3.01. The van der Waals surface area contributed by atoms with Crippen LogP contribution in [0.2, 0.25) is 5.02 Å². The summed E-state index contributed by atoms with van der Waals surface area (Å²) in [5, 5.41) is 9.75. The lowest BCUT2D eigenvalue weighted by molar-refractivity contribution is -0.138. The molecule has 0 amide bonds. The fourth-order valence-corrected chi connectivity index (χ4v) is 1.96. The van der Waals surface area contributed by atoms with Gasteiger partial charge in [0, 0.05) is 17.3 Å². The molecule has 0 aliphatic carbocycles. The standard InChI is InChI=1S/C13H18ClNO2/c1-4-7-15(10(3)13(16)17)12-8-11(14)6-5-9(12)2/h5-6,8,10H,4,7H2,1-3H3,(H,16,17)/t10-/m1/s1. The monoisotopic (exact) mass is 255 g/mol. The van der Waals surface area contributed by atoms with Gasteiger partial charge in [0.15, 0.2) is 0 Å². The van der Waals surface area contributed by atoms with E-state index in [0.717, 1.165) is 17.7 Å². The summed E-state index contributed by atoms with van der Waals surface area (Å²) in [5.74, 6) is -0.821. The van der Waals surface area contributed by atoms with Crippen LogP contribution in [0.15, 0.2) is 18.2 Å². The van der Waals surface area contributed by atoms with Crippen molar-refractivity contribution in [2.24, 2.45) is 0 Å². The fraction of sp³-hybridized carbons (Fsp3) is 0.462. The van der Waals surface area contributed by atoms with Crippen LogP contribution in [-0.4, -0.2) is 23.7 Å². The van der Waals surface area contributed by atoms with E-state index in [2.05, 4.69) is 0 Å². The highest BCUT2D eigenvalue weighted by Crippen LogP contribution is 2.26. The number of carbonyl (C=O) groups is 1. The van der Waals surface area contributed by atoms with Gasteiger partial charge in [0.05, 0.1) is 0 Å². The number of halogens is 1. The van der Waals surface area contributed by atoms with Crippen molar-refractivity contribution in [3.05, 3.63) is 28.8 Å². The minimum absolute atomic E-state index is 0.549. The predicted molar refractivity (Wildman–Crippen MR) is 70.9 cm³/mol. The van der Waals surface area contributed by atoms with E-state index in [-0.39, 0.29) is 0 Å². The van der Waals surface area contributed by atoms with Crippen molar-refractivity contribution in [1.29, 1.82) is 0 Å². The van der Waals surface area contributed by atoms with Crippen LogP contribution in [0, 0.1) is 6.92 Å². The first-order valence-corrected chi connectivity index (χ1v) is 6.10. The van der Waals surface area contributed by atoms with Crippen molar-refractivity contribution >= 4 is 23.3 Å². The lowest BCUT2D eigenvalue weighted by Crippen LogP contribution is -2.40. The van der Waals surface area contributed by atoms with Crippen LogP contribution in [0.5, 0.6) is 0 Å². The number of nitrogens with zero attached hydrogens (tertiary/aromatic N) is 1. The van der Waals surface area contributed by atoms with E-state index >= 15 is 0 Å². The molecule has 4 heteroatoms. The molecule has 17 heavy (non-hydrogen) atoms. The lowest BCUT2D eigenvalue weighted by Gasteiger charge is -2.29. The number of aryl methyl sites for hydroxylation is 1. The molecule has 94 valence electrons. The van der Waals surface area contributed by atoms with Gasteiger partial charge >= 0.3 is 5.97 Å². The Hall–Kier alpha value is -1.22. The summed E-state index contributed by atoms with van der Waals surface area (Å²) in [6, 6.07) is 5.00. The summed E-state index contributed by atoms with van der Waals surface area (Å²) < 4.78 is 0. The van der Waals surface area contributed by atoms with E-state index in [1.165, 1.54) is 0 Å². The van der Waals surface area contributed by atoms with E-state index in [0.29, 0.717) is 11.6 Å². The van der Waals surface area contributed by atoms with E-state index < -0.39 is 12.0 Å². The molecule has 0 aliphatic rings. The Bertz CT molecular complexity index is 406. The number of hydrogen-bond donors (Lipinski definition) is 1. The second kappa shape index (κ2) is 5.92. The average molecular weight is 256 g/mol. The van der Waals surface area contributed by atoms with Crippen molar-refractivity contribution in [3.8, 4) is 0 Å². The molecule has 0 radical (unpaired) electrons. The molecule has 1 N–H and O–H groups in total. The molecule has 0 aromatic heterocycles. The SMILES string of the molecule is CCCN(c1cc(Cl)ccc1C)[C@H](C)C(=O)O. The van der Waals surface area contributed by atoms with Crippen molar-refractivity contribution in [2.45, 2.75) is 33.2 Å². The summed E-state index contributed by atoms with van der Waals surface area (Å²) >= 11 is 5.97. The van der Waals surface area contributed by atoms with Crippen LogP contribution >= 0.6 is 11.6 Å². The van der Waals surface area contributed by atoms with Crippen LogP contribution < -0.4 is 4.90 Å². The smallest absolute Gasteiger partial charge is 0.326 e. The molecule has 0 fully saturated rings. The van der Waals surface area contributed by atoms with Crippen LogP contribution in [0.3, 0.4) is 0 Å². The van der Waals surface area contributed by atoms with Crippen LogP contribution in [0.1, 0.15) is 25.8 Å². The van der Waals surface area contributed by atoms with E-state index in [4.69, 9.17) is 16.7 Å². The minimum atomic E-state index is -0.821. The number of carboxylic acids is 1. The maximum absolute atomic E-state index is 11.1. The van der Waals surface area contributed by atoms with Gasteiger partial charge in [-0.15, -0.1) is 0 Å². The summed E-state index contributed by atoms with van der Waals surface area (Å²) in [6.07, 6.45) is 0.892. The second-order valence-corrected chi connectivity index (χ2v) is 4.57. The summed E-state index contributed by atoms with van der Waals surface area (Å²) in [6.45, 7) is 6.39. The lowest BCUT2D eigenvalue weighted by atomic mass is 10.1. The molecule has 0 saturated carbocycles. The highest BCUT2D eigenvalue weighted by molar-refractivity contribution is 6.30. The van der Waals surface area contributed by atoms with Gasteiger partial charge in [-0.2, -0.15) is 0 Å². The van der Waals surface area contributed by atoms with Gasteiger partial charge in [-0.1, -0.05) is 24.6 Å². The molecule has 3 nitrogen and oxygen atoms in total. The van der Waals surface area contributed by atoms with Gasteiger partial charge in [0.1, 0.15) is 6.04 Å². The highest BCUT2D eigenvalue weighted by atomic mass is 35.5. The number of hydrogen-bond acceptors (Lipinski definition) is 2. The number of carboxylic acid groups (broad SMARTS) is 1. The Morgan fingerprint density at radius 2 is 2.18 bits per heavy atom. The molecule has 1 rings (SSSR count). The molecule has 1 aromatic carbocycles. The Morgan fingerprint density at radius 3 is 2.71 bits per heavy atom. The molecule has 0 saturated heterocycles. The maximum Gasteiger partial charge on any atom is 0.326 e. The second-order valence-electron chi connectivity index (χ2n) is 4.14. The third-order valence-electron chi connectivity index (χ3n) is 2.77. The van der Waals surface area contributed by atoms with Crippen molar-refractivity contribution in [3.63, 3.8) is 0 Å². The molecule has 0 unspecified atom stereocenters. The quantitative estimate of drug-likeness (QED) is 0.877. The molecular formula is C13H18ClNO2. The zero-order valence-electron chi connectivity index (χ0n) is 10.4. The summed E-state index contributed by atoms with van der Waals surface area (Å²) in [4.78, 5) is 13.0. The predicted octanol–water partition coefficient (Wildman–Crippen LogP) is 3.34. The third kappa shape index (κ3) is 3.37. The van der Waals surface area contributed by atoms with E-state index in [1.807, 2.05) is 36.9 Å². The van der Waals surface area contributed by atoms with Crippen molar-refractivity contribution < 1.29 is 9.90 Å². The van der Waals surface area contributed by atoms with Gasteiger partial charge in [-0.05, 0) is 38.0 Å². The van der Waals surface area contributed by atoms with Crippen LogP contribution in [-0.2, 0) is 4.79 Å². The van der Waals surface area contributed by atoms with Gasteiger partial charge < -0.3 is 10.0 Å². The molecule has 0 aliphatic heterocycles. The first kappa shape index (κ1) is 13.8. The summed E-state index contributed by atoms with van der Waals surface area (Å²) in [7, 11) is 0. The number of rotatable bonds is 5. The van der Waals surface area contributed by atoms with Crippen LogP contribution in [0.25, 0.3) is 0 Å². The number of anilines is 1. The molecule has 1 atom stereocenters.